The molecule has 3 heterocycles. The van der Waals surface area contributed by atoms with E-state index in [1.165, 1.54) is 45.0 Å². The lowest BCUT2D eigenvalue weighted by molar-refractivity contribution is 0.0915. The molecule has 0 saturated heterocycles. The Morgan fingerprint density at radius 1 is 1.06 bits per heavy atom. The molecule has 0 saturated carbocycles. The first-order valence-electron chi connectivity index (χ1n) is 11.7. The van der Waals surface area contributed by atoms with Gasteiger partial charge in [-0.2, -0.15) is 0 Å². The van der Waals surface area contributed by atoms with E-state index in [0.717, 1.165) is 42.9 Å². The molecule has 5 nitrogen and oxygen atoms in total. The van der Waals surface area contributed by atoms with Gasteiger partial charge in [-0.3, -0.25) is 4.79 Å². The molecule has 33 heavy (non-hydrogen) atoms. The summed E-state index contributed by atoms with van der Waals surface area (Å²) in [6.07, 6.45) is 5.27. The maximum atomic E-state index is 13.4. The summed E-state index contributed by atoms with van der Waals surface area (Å²) >= 11 is 1.85. The molecule has 1 amide bonds. The molecule has 0 bridgehead atoms. The number of thiophene rings is 1. The third-order valence-corrected chi connectivity index (χ3v) is 8.66. The smallest absolute Gasteiger partial charge is 0.256 e. The van der Waals surface area contributed by atoms with Crippen LogP contribution >= 0.6 is 11.3 Å². The van der Waals surface area contributed by atoms with Crippen molar-refractivity contribution < 1.29 is 14.3 Å². The Kier molecular flexibility index (Phi) is 5.06. The van der Waals surface area contributed by atoms with E-state index in [4.69, 9.17) is 9.47 Å². The van der Waals surface area contributed by atoms with Gasteiger partial charge in [-0.05, 0) is 66.5 Å². The minimum absolute atomic E-state index is 0.0619. The van der Waals surface area contributed by atoms with Gasteiger partial charge in [0.05, 0.1) is 19.8 Å². The number of rotatable bonds is 4. The molecular formula is C27H28N2O3S. The van der Waals surface area contributed by atoms with Crippen LogP contribution in [0.1, 0.15) is 56.2 Å². The Bertz CT molecular complexity index is 1230. The van der Waals surface area contributed by atoms with Crippen molar-refractivity contribution in [1.29, 1.82) is 0 Å². The molecule has 2 aliphatic heterocycles. The van der Waals surface area contributed by atoms with Gasteiger partial charge in [0.25, 0.3) is 5.91 Å². The quantitative estimate of drug-likeness (QED) is 0.591. The fourth-order valence-corrected chi connectivity index (χ4v) is 7.18. The van der Waals surface area contributed by atoms with Gasteiger partial charge < -0.3 is 19.7 Å². The molecule has 0 fully saturated rings. The van der Waals surface area contributed by atoms with Crippen molar-refractivity contribution in [1.82, 2.24) is 5.32 Å². The maximum Gasteiger partial charge on any atom is 0.256 e. The van der Waals surface area contributed by atoms with Crippen LogP contribution in [0.5, 0.6) is 11.5 Å². The fourth-order valence-electron chi connectivity index (χ4n) is 5.76. The summed E-state index contributed by atoms with van der Waals surface area (Å²) < 4.78 is 11.0. The highest BCUT2D eigenvalue weighted by Gasteiger charge is 2.43. The van der Waals surface area contributed by atoms with Gasteiger partial charge in [-0.15, -0.1) is 11.3 Å². The number of benzene rings is 2. The van der Waals surface area contributed by atoms with E-state index in [-0.39, 0.29) is 18.0 Å². The van der Waals surface area contributed by atoms with Crippen LogP contribution in [-0.4, -0.2) is 26.3 Å². The number of methoxy groups -OCH3 is 2. The van der Waals surface area contributed by atoms with E-state index in [1.807, 2.05) is 17.4 Å². The molecule has 3 aliphatic rings. The predicted octanol–water partition coefficient (Wildman–Crippen LogP) is 5.06. The number of amides is 1. The zero-order valence-electron chi connectivity index (χ0n) is 19.0. The standard InChI is InChI=1S/C27H28N2O3S/c1-31-21-12-11-16(14-22(21)32-2)13-20-18-8-4-3-7-17(18)15-29-25(20)28-26(30)24-19-9-5-6-10-23(19)33-27(24)29/h3-4,7-8,11-12,14,20,25H,5-6,9-10,13,15H2,1-2H3,(H,28,30). The summed E-state index contributed by atoms with van der Waals surface area (Å²) in [6.45, 7) is 0.829. The lowest BCUT2D eigenvalue weighted by Gasteiger charge is -2.46. The fraction of sp³-hybridized carbons (Fsp3) is 0.370. The van der Waals surface area contributed by atoms with Gasteiger partial charge in [0.2, 0.25) is 0 Å². The molecular weight excluding hydrogens is 432 g/mol. The van der Waals surface area contributed by atoms with Crippen LogP contribution in [0.4, 0.5) is 5.00 Å². The number of anilines is 1. The predicted molar refractivity (Wildman–Crippen MR) is 131 cm³/mol. The second kappa shape index (κ2) is 8.10. The van der Waals surface area contributed by atoms with Crippen LogP contribution in [0.15, 0.2) is 42.5 Å². The number of nitrogens with one attached hydrogen (secondary N) is 1. The Hall–Kier alpha value is -2.99. The average Bonchev–Trinajstić information content (AvgIpc) is 3.25. The Labute approximate surface area is 198 Å². The van der Waals surface area contributed by atoms with E-state index in [2.05, 4.69) is 46.6 Å². The first kappa shape index (κ1) is 20.6. The highest BCUT2D eigenvalue weighted by molar-refractivity contribution is 7.16. The van der Waals surface area contributed by atoms with Gasteiger partial charge >= 0.3 is 0 Å². The van der Waals surface area contributed by atoms with Crippen molar-refractivity contribution in [2.75, 3.05) is 19.1 Å². The van der Waals surface area contributed by atoms with E-state index < -0.39 is 0 Å². The molecule has 1 aliphatic carbocycles. The molecule has 170 valence electrons. The van der Waals surface area contributed by atoms with Crippen LogP contribution < -0.4 is 19.7 Å². The number of hydrogen-bond acceptors (Lipinski definition) is 5. The van der Waals surface area contributed by atoms with Gasteiger partial charge in [0.15, 0.2) is 11.5 Å². The molecule has 0 radical (unpaired) electrons. The third-order valence-electron chi connectivity index (χ3n) is 7.34. The highest BCUT2D eigenvalue weighted by atomic mass is 32.1. The van der Waals surface area contributed by atoms with Crippen LogP contribution in [0.3, 0.4) is 0 Å². The van der Waals surface area contributed by atoms with Gasteiger partial charge in [0, 0.05) is 17.3 Å². The minimum atomic E-state index is -0.0619. The molecule has 0 spiro atoms. The summed E-state index contributed by atoms with van der Waals surface area (Å²) in [5.74, 6) is 1.70. The third kappa shape index (κ3) is 3.31. The molecule has 2 unspecified atom stereocenters. The number of hydrogen-bond donors (Lipinski definition) is 1. The number of carbonyl (C=O) groups excluding carboxylic acids is 1. The second-order valence-corrected chi connectivity index (χ2v) is 10.2. The van der Waals surface area contributed by atoms with Crippen molar-refractivity contribution in [3.05, 3.63) is 75.2 Å². The van der Waals surface area contributed by atoms with Crippen LogP contribution in [-0.2, 0) is 25.8 Å². The molecule has 2 aromatic carbocycles. The summed E-state index contributed by atoms with van der Waals surface area (Å²) in [7, 11) is 3.32. The van der Waals surface area contributed by atoms with Gasteiger partial charge in [-0.25, -0.2) is 0 Å². The number of nitrogens with zero attached hydrogens (tertiary/aromatic N) is 1. The number of aryl methyl sites for hydroxylation is 1. The van der Waals surface area contributed by atoms with Gasteiger partial charge in [0.1, 0.15) is 11.2 Å². The molecule has 1 N–H and O–H groups in total. The SMILES string of the molecule is COc1ccc(CC2c3ccccc3CN3c4sc5c(c4C(=O)NC23)CCCC5)cc1OC. The topological polar surface area (TPSA) is 50.8 Å². The van der Waals surface area contributed by atoms with E-state index in [0.29, 0.717) is 0 Å². The van der Waals surface area contributed by atoms with Crippen LogP contribution in [0, 0.1) is 0 Å². The minimum Gasteiger partial charge on any atom is -0.493 e. The summed E-state index contributed by atoms with van der Waals surface area (Å²) in [6, 6.07) is 14.8. The molecule has 6 rings (SSSR count). The van der Waals surface area contributed by atoms with E-state index in [1.54, 1.807) is 14.2 Å². The Balaban J connectivity index is 1.43. The van der Waals surface area contributed by atoms with Crippen molar-refractivity contribution in [3.8, 4) is 11.5 Å². The average molecular weight is 461 g/mol. The highest BCUT2D eigenvalue weighted by Crippen LogP contribution is 2.47. The number of fused-ring (bicyclic) bond motifs is 6. The van der Waals surface area contributed by atoms with Crippen molar-refractivity contribution in [2.24, 2.45) is 0 Å². The molecule has 6 heteroatoms. The lowest BCUT2D eigenvalue weighted by Crippen LogP contribution is -2.57. The Morgan fingerprint density at radius 2 is 1.88 bits per heavy atom. The summed E-state index contributed by atoms with van der Waals surface area (Å²) in [5.41, 5.74) is 6.06. The normalized spacial score (nSPS) is 20.8. The summed E-state index contributed by atoms with van der Waals surface area (Å²) in [5, 5.41) is 4.58. The Morgan fingerprint density at radius 3 is 2.73 bits per heavy atom. The first-order chi connectivity index (χ1) is 16.2. The molecule has 3 aromatic rings. The van der Waals surface area contributed by atoms with Crippen LogP contribution in [0.25, 0.3) is 0 Å². The summed E-state index contributed by atoms with van der Waals surface area (Å²) in [4.78, 5) is 17.3. The second-order valence-electron chi connectivity index (χ2n) is 9.14. The number of ether oxygens (including phenoxy) is 2. The first-order valence-corrected chi connectivity index (χ1v) is 12.5. The van der Waals surface area contributed by atoms with Gasteiger partial charge in [-0.1, -0.05) is 30.3 Å². The monoisotopic (exact) mass is 460 g/mol. The van der Waals surface area contributed by atoms with Crippen LogP contribution in [0.2, 0.25) is 0 Å². The molecule has 1 aromatic heterocycles. The van der Waals surface area contributed by atoms with E-state index in [9.17, 15) is 4.79 Å². The molecule has 2 atom stereocenters. The van der Waals surface area contributed by atoms with Crippen molar-refractivity contribution in [3.63, 3.8) is 0 Å². The lowest BCUT2D eigenvalue weighted by atomic mass is 9.81. The maximum absolute atomic E-state index is 13.4. The van der Waals surface area contributed by atoms with E-state index >= 15 is 0 Å². The zero-order valence-corrected chi connectivity index (χ0v) is 19.8. The number of carbonyl (C=O) groups is 1. The largest absolute Gasteiger partial charge is 0.493 e. The van der Waals surface area contributed by atoms with Crippen molar-refractivity contribution in [2.45, 2.75) is 50.7 Å². The zero-order chi connectivity index (χ0) is 22.5. The van der Waals surface area contributed by atoms with Crippen molar-refractivity contribution >= 4 is 22.2 Å².